The van der Waals surface area contributed by atoms with Gasteiger partial charge in [0.05, 0.1) is 35.5 Å². The van der Waals surface area contributed by atoms with Crippen molar-refractivity contribution in [2.45, 2.75) is 13.1 Å². The van der Waals surface area contributed by atoms with Crippen LogP contribution in [0.2, 0.25) is 0 Å². The third kappa shape index (κ3) is 4.46. The maximum absolute atomic E-state index is 3.46. The highest BCUT2D eigenvalue weighted by atomic mass is 15.0. The van der Waals surface area contributed by atoms with Gasteiger partial charge in [-0.1, -0.05) is 109 Å². The second-order valence-corrected chi connectivity index (χ2v) is 13.0. The normalized spacial score (nSPS) is 13.2. The molecule has 2 N–H and O–H groups in total. The summed E-state index contributed by atoms with van der Waals surface area (Å²) < 4.78 is 4.86. The second kappa shape index (κ2) is 11.6. The fraction of sp³-hybridized carbons (Fsp3) is 0.0435. The van der Waals surface area contributed by atoms with Gasteiger partial charge >= 0.3 is 0 Å². The zero-order valence-electron chi connectivity index (χ0n) is 27.5. The van der Waals surface area contributed by atoms with Gasteiger partial charge in [-0.25, -0.2) is 0 Å². The van der Waals surface area contributed by atoms with Crippen LogP contribution in [0.1, 0.15) is 22.5 Å². The summed E-state index contributed by atoms with van der Waals surface area (Å²) in [6, 6.07) is 53.1. The van der Waals surface area contributed by atoms with Crippen molar-refractivity contribution in [3.63, 3.8) is 0 Å². The van der Waals surface area contributed by atoms with E-state index in [1.807, 2.05) is 0 Å². The van der Waals surface area contributed by atoms with Gasteiger partial charge in [0.1, 0.15) is 0 Å². The lowest BCUT2D eigenvalue weighted by Gasteiger charge is -2.21. The van der Waals surface area contributed by atoms with Crippen LogP contribution in [0.5, 0.6) is 0 Å². The molecule has 0 bridgehead atoms. The summed E-state index contributed by atoms with van der Waals surface area (Å²) in [4.78, 5) is 0. The van der Waals surface area contributed by atoms with Crippen LogP contribution in [-0.4, -0.2) is 9.13 Å². The number of fused-ring (bicyclic) bond motifs is 6. The van der Waals surface area contributed by atoms with Crippen LogP contribution in [0.25, 0.3) is 78.7 Å². The monoisotopic (exact) mass is 642 g/mol. The first-order valence-corrected chi connectivity index (χ1v) is 17.3. The van der Waals surface area contributed by atoms with Gasteiger partial charge in [0.25, 0.3) is 0 Å². The summed E-state index contributed by atoms with van der Waals surface area (Å²) in [7, 11) is 0. The molecule has 0 spiro atoms. The molecule has 0 radical (unpaired) electrons. The zero-order chi connectivity index (χ0) is 33.0. The average molecular weight is 643 g/mol. The molecule has 6 aromatic carbocycles. The van der Waals surface area contributed by atoms with Crippen LogP contribution in [-0.2, 0) is 13.1 Å². The Morgan fingerprint density at radius 2 is 0.820 bits per heavy atom. The van der Waals surface area contributed by atoms with Gasteiger partial charge in [0, 0.05) is 33.3 Å². The van der Waals surface area contributed by atoms with E-state index in [1.54, 1.807) is 0 Å². The molecule has 0 unspecified atom stereocenters. The maximum Gasteiger partial charge on any atom is 0.0558 e. The lowest BCUT2D eigenvalue weighted by atomic mass is 9.88. The molecule has 4 heterocycles. The van der Waals surface area contributed by atoms with Crippen LogP contribution in [0.3, 0.4) is 0 Å². The van der Waals surface area contributed by atoms with Crippen molar-refractivity contribution in [1.82, 2.24) is 19.8 Å². The van der Waals surface area contributed by atoms with Gasteiger partial charge in [-0.3, -0.25) is 0 Å². The first kappa shape index (κ1) is 28.5. The molecule has 0 atom stereocenters. The molecule has 0 fully saturated rings. The van der Waals surface area contributed by atoms with Crippen LogP contribution < -0.4 is 10.6 Å². The molecule has 0 amide bonds. The van der Waals surface area contributed by atoms with E-state index >= 15 is 0 Å². The summed E-state index contributed by atoms with van der Waals surface area (Å²) in [5, 5.41) is 9.47. The molecule has 0 saturated heterocycles. The summed E-state index contributed by atoms with van der Waals surface area (Å²) in [5.41, 5.74) is 17.1. The van der Waals surface area contributed by atoms with Gasteiger partial charge in [0.2, 0.25) is 0 Å². The smallest absolute Gasteiger partial charge is 0.0558 e. The first-order chi connectivity index (χ1) is 24.8. The largest absolute Gasteiger partial charge is 0.385 e. The zero-order valence-corrected chi connectivity index (χ0v) is 27.5. The molecule has 0 aliphatic carbocycles. The minimum atomic E-state index is 0.783. The lowest BCUT2D eigenvalue weighted by molar-refractivity contribution is 0.803. The fourth-order valence-corrected chi connectivity index (χ4v) is 8.07. The molecule has 2 aromatic heterocycles. The lowest BCUT2D eigenvalue weighted by Crippen LogP contribution is -2.14. The van der Waals surface area contributed by atoms with E-state index < -0.39 is 0 Å². The number of nitrogens with one attached hydrogen (secondary N) is 2. The Kier molecular flexibility index (Phi) is 6.59. The van der Waals surface area contributed by atoms with Gasteiger partial charge in [0.15, 0.2) is 0 Å². The Balaban J connectivity index is 1.22. The van der Waals surface area contributed by atoms with Crippen LogP contribution >= 0.6 is 0 Å². The quantitative estimate of drug-likeness (QED) is 0.196. The number of rotatable bonds is 5. The Morgan fingerprint density at radius 3 is 1.28 bits per heavy atom. The molecule has 238 valence electrons. The minimum Gasteiger partial charge on any atom is -0.385 e. The van der Waals surface area contributed by atoms with Gasteiger partial charge in [-0.2, -0.15) is 0 Å². The molecule has 10 rings (SSSR count). The molecular formula is C46H34N4. The highest BCUT2D eigenvalue weighted by molar-refractivity contribution is 5.97. The van der Waals surface area contributed by atoms with E-state index in [9.17, 15) is 0 Å². The van der Waals surface area contributed by atoms with E-state index in [4.69, 9.17) is 0 Å². The number of aromatic nitrogens is 2. The molecule has 2 aliphatic rings. The SMILES string of the molecule is C1=Cc2c(n(-c3ccc(-c4ccc(-n5c6c(c7ccccc75)C=CNC6)cc4-c4ccccc4)c(-c4ccccc4)c3)c3ccccc23)CN1. The van der Waals surface area contributed by atoms with Crippen LogP contribution in [0.15, 0.2) is 158 Å². The second-order valence-electron chi connectivity index (χ2n) is 13.0. The Hall–Kier alpha value is -6.52. The van der Waals surface area contributed by atoms with E-state index in [1.165, 1.54) is 77.7 Å². The molecule has 50 heavy (non-hydrogen) atoms. The third-order valence-electron chi connectivity index (χ3n) is 10.3. The van der Waals surface area contributed by atoms with Crippen molar-refractivity contribution in [1.29, 1.82) is 0 Å². The molecule has 4 nitrogen and oxygen atoms in total. The Bertz CT molecular complexity index is 2450. The van der Waals surface area contributed by atoms with Crippen molar-refractivity contribution < 1.29 is 0 Å². The molecule has 4 heteroatoms. The predicted octanol–water partition coefficient (Wildman–Crippen LogP) is 10.7. The van der Waals surface area contributed by atoms with E-state index in [0.717, 1.165) is 24.5 Å². The molecular weight excluding hydrogens is 609 g/mol. The van der Waals surface area contributed by atoms with Crippen LogP contribution in [0, 0.1) is 0 Å². The molecule has 0 saturated carbocycles. The van der Waals surface area contributed by atoms with Crippen molar-refractivity contribution in [2.75, 3.05) is 0 Å². The number of hydrogen-bond acceptors (Lipinski definition) is 2. The Morgan fingerprint density at radius 1 is 0.400 bits per heavy atom. The maximum atomic E-state index is 3.46. The number of nitrogens with zero attached hydrogens (tertiary/aromatic N) is 2. The molecule has 2 aliphatic heterocycles. The van der Waals surface area contributed by atoms with Crippen molar-refractivity contribution in [2.24, 2.45) is 0 Å². The first-order valence-electron chi connectivity index (χ1n) is 17.3. The van der Waals surface area contributed by atoms with Crippen molar-refractivity contribution >= 4 is 34.0 Å². The van der Waals surface area contributed by atoms with Crippen LogP contribution in [0.4, 0.5) is 0 Å². The molecule has 8 aromatic rings. The summed E-state index contributed by atoms with van der Waals surface area (Å²) >= 11 is 0. The number of benzene rings is 6. The predicted molar refractivity (Wildman–Crippen MR) is 208 cm³/mol. The summed E-state index contributed by atoms with van der Waals surface area (Å²) in [6.07, 6.45) is 8.53. The van der Waals surface area contributed by atoms with Crippen molar-refractivity contribution in [3.05, 3.63) is 181 Å². The highest BCUT2D eigenvalue weighted by Gasteiger charge is 2.22. The van der Waals surface area contributed by atoms with E-state index in [0.29, 0.717) is 0 Å². The van der Waals surface area contributed by atoms with Gasteiger partial charge in [-0.05, 0) is 94.3 Å². The van der Waals surface area contributed by atoms with E-state index in [2.05, 4.69) is 190 Å². The standard InChI is InChI=1S/C46H34N4/c1-3-11-31(12-4-1)41-27-33(49-43-17-9-7-15-37(43)39-23-25-47-29-45(39)49)19-21-35(41)36-22-20-34(28-42(36)32-13-5-2-6-14-32)50-44-18-10-8-16-38(44)40-24-26-48-30-46(40)50/h1-28,47-48H,29-30H2. The summed E-state index contributed by atoms with van der Waals surface area (Å²) in [6.45, 7) is 1.57. The van der Waals surface area contributed by atoms with Gasteiger partial charge in [-0.15, -0.1) is 0 Å². The average Bonchev–Trinajstić information content (AvgIpc) is 3.71. The third-order valence-corrected chi connectivity index (χ3v) is 10.3. The summed E-state index contributed by atoms with van der Waals surface area (Å²) in [5.74, 6) is 0. The minimum absolute atomic E-state index is 0.783. The number of para-hydroxylation sites is 2. The number of hydrogen-bond donors (Lipinski definition) is 2. The van der Waals surface area contributed by atoms with E-state index in [-0.39, 0.29) is 0 Å². The van der Waals surface area contributed by atoms with Gasteiger partial charge < -0.3 is 19.8 Å². The fourth-order valence-electron chi connectivity index (χ4n) is 8.07. The van der Waals surface area contributed by atoms with Crippen molar-refractivity contribution in [3.8, 4) is 44.8 Å². The highest BCUT2D eigenvalue weighted by Crippen LogP contribution is 2.42. The topological polar surface area (TPSA) is 33.9 Å². The Labute approximate surface area is 291 Å².